The molecule has 6 nitrogen and oxygen atoms in total. The fourth-order valence-corrected chi connectivity index (χ4v) is 3.79. The van der Waals surface area contributed by atoms with Crippen molar-refractivity contribution in [3.05, 3.63) is 82.3 Å². The van der Waals surface area contributed by atoms with Gasteiger partial charge in [0, 0.05) is 35.1 Å². The maximum atomic E-state index is 6.46. The molecule has 0 unspecified atom stereocenters. The smallest absolute Gasteiger partial charge is 0.227 e. The standard InChI is InChI=1S/C23H22ClN5O/c1-26-22(15-7-3-4-8-16(15)24)20-17(25)12-11-14-13-27-23(29-21(14)20)28-18-9-5-6-10-19(18)30-2/h3-10,13H,11-12,25H2,1-2H3,(H,27,28,29). The summed E-state index contributed by atoms with van der Waals surface area (Å²) in [5, 5.41) is 3.86. The zero-order chi connectivity index (χ0) is 21.1. The van der Waals surface area contributed by atoms with E-state index in [1.165, 1.54) is 0 Å². The van der Waals surface area contributed by atoms with E-state index in [1.807, 2.05) is 54.7 Å². The lowest BCUT2D eigenvalue weighted by atomic mass is 9.88. The number of allylic oxidation sites excluding steroid dienone is 2. The van der Waals surface area contributed by atoms with Crippen LogP contribution in [0, 0.1) is 0 Å². The van der Waals surface area contributed by atoms with E-state index in [-0.39, 0.29) is 0 Å². The average molecular weight is 420 g/mol. The fraction of sp³-hybridized carbons (Fsp3) is 0.174. The van der Waals surface area contributed by atoms with Gasteiger partial charge < -0.3 is 15.8 Å². The van der Waals surface area contributed by atoms with Crippen molar-refractivity contribution in [1.82, 2.24) is 9.97 Å². The van der Waals surface area contributed by atoms with Gasteiger partial charge in [-0.15, -0.1) is 0 Å². The van der Waals surface area contributed by atoms with Gasteiger partial charge in [0.05, 0.1) is 24.2 Å². The Bertz CT molecular complexity index is 1160. The van der Waals surface area contributed by atoms with E-state index in [9.17, 15) is 0 Å². The molecule has 1 aliphatic rings. The molecule has 0 bridgehead atoms. The molecule has 7 heteroatoms. The van der Waals surface area contributed by atoms with Crippen LogP contribution in [0.1, 0.15) is 23.2 Å². The molecule has 4 rings (SSSR count). The Morgan fingerprint density at radius 2 is 1.90 bits per heavy atom. The van der Waals surface area contributed by atoms with Gasteiger partial charge in [-0.25, -0.2) is 9.97 Å². The first-order chi connectivity index (χ1) is 14.6. The quantitative estimate of drug-likeness (QED) is 0.589. The maximum absolute atomic E-state index is 6.46. The monoisotopic (exact) mass is 419 g/mol. The second-order valence-corrected chi connectivity index (χ2v) is 7.25. The largest absolute Gasteiger partial charge is 0.495 e. The van der Waals surface area contributed by atoms with E-state index in [4.69, 9.17) is 27.1 Å². The summed E-state index contributed by atoms with van der Waals surface area (Å²) in [5.41, 5.74) is 12.1. The van der Waals surface area contributed by atoms with Gasteiger partial charge in [-0.1, -0.05) is 41.9 Å². The highest BCUT2D eigenvalue weighted by Crippen LogP contribution is 2.34. The van der Waals surface area contributed by atoms with Crippen LogP contribution in [0.25, 0.3) is 5.57 Å². The fourth-order valence-electron chi connectivity index (χ4n) is 3.57. The van der Waals surface area contributed by atoms with Crippen LogP contribution in [0.2, 0.25) is 5.02 Å². The van der Waals surface area contributed by atoms with Crippen LogP contribution < -0.4 is 15.8 Å². The van der Waals surface area contributed by atoms with Crippen molar-refractivity contribution in [2.45, 2.75) is 12.8 Å². The van der Waals surface area contributed by atoms with Gasteiger partial charge in [0.15, 0.2) is 0 Å². The number of benzene rings is 2. The molecule has 1 aliphatic carbocycles. The molecule has 152 valence electrons. The maximum Gasteiger partial charge on any atom is 0.227 e. The predicted molar refractivity (Wildman–Crippen MR) is 122 cm³/mol. The number of hydrogen-bond acceptors (Lipinski definition) is 6. The van der Waals surface area contributed by atoms with E-state index in [0.717, 1.165) is 45.9 Å². The summed E-state index contributed by atoms with van der Waals surface area (Å²) in [6.07, 6.45) is 3.33. The number of para-hydroxylation sites is 2. The molecule has 0 amide bonds. The number of halogens is 1. The van der Waals surface area contributed by atoms with Gasteiger partial charge in [0.25, 0.3) is 0 Å². The number of nitrogens with zero attached hydrogens (tertiary/aromatic N) is 3. The van der Waals surface area contributed by atoms with Crippen LogP contribution in [-0.4, -0.2) is 29.8 Å². The number of aryl methyl sites for hydroxylation is 1. The summed E-state index contributed by atoms with van der Waals surface area (Å²) in [4.78, 5) is 13.8. The van der Waals surface area contributed by atoms with Gasteiger partial charge in [-0.3, -0.25) is 4.99 Å². The Kier molecular flexibility index (Phi) is 5.68. The van der Waals surface area contributed by atoms with Crippen molar-refractivity contribution in [3.63, 3.8) is 0 Å². The minimum atomic E-state index is 0.458. The molecule has 0 saturated heterocycles. The van der Waals surface area contributed by atoms with Crippen molar-refractivity contribution in [2.24, 2.45) is 10.7 Å². The van der Waals surface area contributed by atoms with Crippen LogP contribution in [0.5, 0.6) is 5.75 Å². The molecule has 0 aliphatic heterocycles. The Hall–Kier alpha value is -3.38. The number of methoxy groups -OCH3 is 1. The molecule has 3 aromatic rings. The molecule has 2 aromatic carbocycles. The highest BCUT2D eigenvalue weighted by atomic mass is 35.5. The molecule has 1 heterocycles. The summed E-state index contributed by atoms with van der Waals surface area (Å²) in [6.45, 7) is 0. The number of nitrogens with one attached hydrogen (secondary N) is 1. The zero-order valence-corrected chi connectivity index (χ0v) is 17.6. The molecular weight excluding hydrogens is 398 g/mol. The SMILES string of the molecule is CN=C(C1=C(N)CCc2cnc(Nc3ccccc3OC)nc21)c1ccccc1Cl. The van der Waals surface area contributed by atoms with Crippen molar-refractivity contribution in [1.29, 1.82) is 0 Å². The van der Waals surface area contributed by atoms with Crippen LogP contribution in [0.4, 0.5) is 11.6 Å². The Balaban J connectivity index is 1.79. The lowest BCUT2D eigenvalue weighted by Gasteiger charge is -2.22. The van der Waals surface area contributed by atoms with E-state index < -0.39 is 0 Å². The molecule has 30 heavy (non-hydrogen) atoms. The lowest BCUT2D eigenvalue weighted by Crippen LogP contribution is -2.20. The number of fused-ring (bicyclic) bond motifs is 1. The Morgan fingerprint density at radius 1 is 1.13 bits per heavy atom. The van der Waals surface area contributed by atoms with Gasteiger partial charge in [-0.05, 0) is 36.6 Å². The summed E-state index contributed by atoms with van der Waals surface area (Å²) in [6, 6.07) is 15.2. The molecule has 0 radical (unpaired) electrons. The van der Waals surface area contributed by atoms with Gasteiger partial charge in [-0.2, -0.15) is 0 Å². The first kappa shape index (κ1) is 19.9. The minimum Gasteiger partial charge on any atom is -0.495 e. The molecule has 3 N–H and O–H groups in total. The molecule has 0 spiro atoms. The first-order valence-electron chi connectivity index (χ1n) is 9.59. The third-order valence-corrected chi connectivity index (χ3v) is 5.36. The van der Waals surface area contributed by atoms with Gasteiger partial charge in [0.1, 0.15) is 5.75 Å². The van der Waals surface area contributed by atoms with Crippen LogP contribution in [0.15, 0.2) is 65.4 Å². The molecule has 0 fully saturated rings. The van der Waals surface area contributed by atoms with Crippen molar-refractivity contribution >= 4 is 34.5 Å². The van der Waals surface area contributed by atoms with Crippen LogP contribution in [0.3, 0.4) is 0 Å². The zero-order valence-electron chi connectivity index (χ0n) is 16.8. The normalized spacial score (nSPS) is 13.8. The number of aromatic nitrogens is 2. The van der Waals surface area contributed by atoms with Crippen LogP contribution in [-0.2, 0) is 6.42 Å². The minimum absolute atomic E-state index is 0.458. The van der Waals surface area contributed by atoms with Crippen molar-refractivity contribution in [3.8, 4) is 5.75 Å². The van der Waals surface area contributed by atoms with E-state index in [1.54, 1.807) is 14.2 Å². The predicted octanol–water partition coefficient (Wildman–Crippen LogP) is 4.62. The highest BCUT2D eigenvalue weighted by Gasteiger charge is 2.25. The van der Waals surface area contributed by atoms with Crippen molar-refractivity contribution < 1.29 is 4.74 Å². The number of nitrogens with two attached hydrogens (primary N) is 1. The number of hydrogen-bond donors (Lipinski definition) is 2. The molecule has 0 atom stereocenters. The highest BCUT2D eigenvalue weighted by molar-refractivity contribution is 6.40. The van der Waals surface area contributed by atoms with Gasteiger partial charge in [0.2, 0.25) is 5.95 Å². The second-order valence-electron chi connectivity index (χ2n) is 6.85. The first-order valence-corrected chi connectivity index (χ1v) is 9.97. The average Bonchev–Trinajstić information content (AvgIpc) is 2.77. The van der Waals surface area contributed by atoms with Crippen LogP contribution >= 0.6 is 11.6 Å². The lowest BCUT2D eigenvalue weighted by molar-refractivity contribution is 0.417. The third-order valence-electron chi connectivity index (χ3n) is 5.03. The topological polar surface area (TPSA) is 85.4 Å². The van der Waals surface area contributed by atoms with E-state index in [2.05, 4.69) is 15.3 Å². The Morgan fingerprint density at radius 3 is 2.67 bits per heavy atom. The summed E-state index contributed by atoms with van der Waals surface area (Å²) < 4.78 is 5.41. The molecule has 1 aromatic heterocycles. The number of ether oxygens (including phenoxy) is 1. The van der Waals surface area contributed by atoms with Gasteiger partial charge >= 0.3 is 0 Å². The summed E-state index contributed by atoms with van der Waals surface area (Å²) in [5.74, 6) is 1.17. The van der Waals surface area contributed by atoms with E-state index in [0.29, 0.717) is 23.1 Å². The number of anilines is 2. The summed E-state index contributed by atoms with van der Waals surface area (Å²) in [7, 11) is 3.37. The number of rotatable bonds is 5. The Labute approximate surface area is 180 Å². The summed E-state index contributed by atoms with van der Waals surface area (Å²) >= 11 is 6.46. The van der Waals surface area contributed by atoms with Crippen molar-refractivity contribution in [2.75, 3.05) is 19.5 Å². The third kappa shape index (κ3) is 3.74. The molecule has 0 saturated carbocycles. The second kappa shape index (κ2) is 8.55. The number of aliphatic imine (C=N–C) groups is 1. The van der Waals surface area contributed by atoms with E-state index >= 15 is 0 Å². The molecular formula is C23H22ClN5O.